The fourth-order valence-electron chi connectivity index (χ4n) is 2.46. The summed E-state index contributed by atoms with van der Waals surface area (Å²) in [5.74, 6) is 0.736. The smallest absolute Gasteiger partial charge is 0.230 e. The number of carbonyl (C=O) groups excluding carboxylic acids is 2. The molecule has 0 saturated carbocycles. The number of nitrogens with one attached hydrogen (secondary N) is 1. The Morgan fingerprint density at radius 1 is 1.36 bits per heavy atom. The van der Waals surface area contributed by atoms with Crippen LogP contribution in [0.15, 0.2) is 18.2 Å². The first-order valence-electron chi connectivity index (χ1n) is 7.90. The first-order chi connectivity index (χ1) is 10.6. The van der Waals surface area contributed by atoms with Gasteiger partial charge in [0.25, 0.3) is 0 Å². The highest BCUT2D eigenvalue weighted by Gasteiger charge is 2.20. The van der Waals surface area contributed by atoms with Crippen LogP contribution in [0.25, 0.3) is 0 Å². The molecule has 0 saturated heterocycles. The van der Waals surface area contributed by atoms with Gasteiger partial charge in [-0.3, -0.25) is 9.59 Å². The van der Waals surface area contributed by atoms with E-state index in [1.165, 1.54) is 0 Å². The third kappa shape index (κ3) is 4.23. The van der Waals surface area contributed by atoms with Gasteiger partial charge in [-0.25, -0.2) is 0 Å². The van der Waals surface area contributed by atoms with E-state index >= 15 is 0 Å². The Kier molecular flexibility index (Phi) is 5.81. The number of anilines is 1. The molecular formula is C17H24N2O3. The van der Waals surface area contributed by atoms with Gasteiger partial charge in [-0.2, -0.15) is 0 Å². The van der Waals surface area contributed by atoms with Gasteiger partial charge in [0.2, 0.25) is 11.8 Å². The minimum absolute atomic E-state index is 0.0135. The van der Waals surface area contributed by atoms with Crippen LogP contribution in [0.2, 0.25) is 0 Å². The molecule has 0 aromatic heterocycles. The second-order valence-electron chi connectivity index (χ2n) is 5.59. The topological polar surface area (TPSA) is 58.6 Å². The Bertz CT molecular complexity index is 543. The quantitative estimate of drug-likeness (QED) is 0.820. The molecule has 1 aliphatic rings. The highest BCUT2D eigenvalue weighted by atomic mass is 16.5. The molecule has 0 bridgehead atoms. The average molecular weight is 304 g/mol. The third-order valence-electron chi connectivity index (χ3n) is 3.80. The minimum atomic E-state index is 0.0135. The molecule has 0 atom stereocenters. The highest BCUT2D eigenvalue weighted by molar-refractivity contribution is 5.95. The summed E-state index contributed by atoms with van der Waals surface area (Å²) in [7, 11) is 1.74. The van der Waals surface area contributed by atoms with Crippen LogP contribution >= 0.6 is 0 Å². The van der Waals surface area contributed by atoms with Crippen molar-refractivity contribution in [3.63, 3.8) is 0 Å². The SMILES string of the molecule is CCCCCNC(=O)Cc1ccc2c(c1)N(C)C(=O)CCO2. The maximum absolute atomic E-state index is 11.9. The summed E-state index contributed by atoms with van der Waals surface area (Å²) in [6.07, 6.45) is 3.97. The van der Waals surface area contributed by atoms with E-state index < -0.39 is 0 Å². The Hall–Kier alpha value is -2.04. The fraction of sp³-hybridized carbons (Fsp3) is 0.529. The Morgan fingerprint density at radius 2 is 2.18 bits per heavy atom. The van der Waals surface area contributed by atoms with Gasteiger partial charge in [0, 0.05) is 13.6 Å². The van der Waals surface area contributed by atoms with E-state index in [2.05, 4.69) is 12.2 Å². The van der Waals surface area contributed by atoms with Gasteiger partial charge in [0.05, 0.1) is 25.1 Å². The van der Waals surface area contributed by atoms with E-state index in [4.69, 9.17) is 4.74 Å². The van der Waals surface area contributed by atoms with Crippen molar-refractivity contribution in [2.24, 2.45) is 0 Å². The summed E-state index contributed by atoms with van der Waals surface area (Å²) in [6, 6.07) is 5.59. The number of carbonyl (C=O) groups is 2. The maximum Gasteiger partial charge on any atom is 0.230 e. The molecule has 22 heavy (non-hydrogen) atoms. The number of fused-ring (bicyclic) bond motifs is 1. The van der Waals surface area contributed by atoms with E-state index in [1.54, 1.807) is 11.9 Å². The van der Waals surface area contributed by atoms with Crippen molar-refractivity contribution in [1.82, 2.24) is 5.32 Å². The number of nitrogens with zero attached hydrogens (tertiary/aromatic N) is 1. The van der Waals surface area contributed by atoms with Crippen LogP contribution in [0.3, 0.4) is 0 Å². The second-order valence-corrected chi connectivity index (χ2v) is 5.59. The van der Waals surface area contributed by atoms with Crippen molar-refractivity contribution >= 4 is 17.5 Å². The van der Waals surface area contributed by atoms with Crippen molar-refractivity contribution in [3.8, 4) is 5.75 Å². The van der Waals surface area contributed by atoms with Crippen LogP contribution in [0, 0.1) is 0 Å². The van der Waals surface area contributed by atoms with Crippen molar-refractivity contribution < 1.29 is 14.3 Å². The number of benzene rings is 1. The van der Waals surface area contributed by atoms with Crippen LogP contribution < -0.4 is 15.0 Å². The van der Waals surface area contributed by atoms with Crippen molar-refractivity contribution in [1.29, 1.82) is 0 Å². The molecule has 120 valence electrons. The van der Waals surface area contributed by atoms with Gasteiger partial charge in [-0.15, -0.1) is 0 Å². The molecule has 1 aliphatic heterocycles. The number of unbranched alkanes of at least 4 members (excludes halogenated alkanes) is 2. The first kappa shape index (κ1) is 16.3. The molecule has 0 fully saturated rings. The lowest BCUT2D eigenvalue weighted by atomic mass is 10.1. The number of amides is 2. The van der Waals surface area contributed by atoms with Gasteiger partial charge in [0.1, 0.15) is 5.75 Å². The van der Waals surface area contributed by atoms with Crippen LogP contribution in [-0.2, 0) is 16.0 Å². The molecule has 1 aromatic rings. The van der Waals surface area contributed by atoms with Gasteiger partial charge in [0.15, 0.2) is 0 Å². The van der Waals surface area contributed by atoms with Crippen LogP contribution in [-0.4, -0.2) is 32.0 Å². The number of rotatable bonds is 6. The molecule has 0 spiro atoms. The minimum Gasteiger partial charge on any atom is -0.491 e. The lowest BCUT2D eigenvalue weighted by Crippen LogP contribution is -2.27. The molecule has 5 heteroatoms. The zero-order valence-corrected chi connectivity index (χ0v) is 13.4. The third-order valence-corrected chi connectivity index (χ3v) is 3.80. The summed E-state index contributed by atoms with van der Waals surface area (Å²) in [4.78, 5) is 25.4. The van der Waals surface area contributed by atoms with Crippen LogP contribution in [0.5, 0.6) is 5.75 Å². The summed E-state index contributed by atoms with van der Waals surface area (Å²) in [6.45, 7) is 3.25. The fourth-order valence-corrected chi connectivity index (χ4v) is 2.46. The molecular weight excluding hydrogens is 280 g/mol. The Morgan fingerprint density at radius 3 is 2.95 bits per heavy atom. The van der Waals surface area contributed by atoms with E-state index in [0.717, 1.165) is 37.1 Å². The van der Waals surface area contributed by atoms with Gasteiger partial charge in [-0.1, -0.05) is 25.8 Å². The van der Waals surface area contributed by atoms with Gasteiger partial charge in [-0.05, 0) is 24.1 Å². The molecule has 0 aliphatic carbocycles. The van der Waals surface area contributed by atoms with E-state index in [9.17, 15) is 9.59 Å². The van der Waals surface area contributed by atoms with Crippen LogP contribution in [0.1, 0.15) is 38.2 Å². The largest absolute Gasteiger partial charge is 0.491 e. The number of hydrogen-bond acceptors (Lipinski definition) is 3. The maximum atomic E-state index is 11.9. The predicted molar refractivity (Wildman–Crippen MR) is 86.2 cm³/mol. The Labute approximate surface area is 131 Å². The molecule has 2 amide bonds. The highest BCUT2D eigenvalue weighted by Crippen LogP contribution is 2.31. The van der Waals surface area contributed by atoms with Crippen molar-refractivity contribution in [3.05, 3.63) is 23.8 Å². The standard InChI is InChI=1S/C17H24N2O3/c1-3-4-5-9-18-16(20)12-13-6-7-15-14(11-13)19(2)17(21)8-10-22-15/h6-7,11H,3-5,8-10,12H2,1-2H3,(H,18,20). The second kappa shape index (κ2) is 7.82. The number of hydrogen-bond donors (Lipinski definition) is 1. The van der Waals surface area contributed by atoms with E-state index in [0.29, 0.717) is 25.2 Å². The summed E-state index contributed by atoms with van der Waals surface area (Å²) < 4.78 is 5.58. The lowest BCUT2D eigenvalue weighted by Gasteiger charge is -2.17. The molecule has 1 heterocycles. The summed E-state index contributed by atoms with van der Waals surface area (Å²) in [5, 5.41) is 2.93. The van der Waals surface area contributed by atoms with Gasteiger partial charge >= 0.3 is 0 Å². The molecule has 2 rings (SSSR count). The first-order valence-corrected chi connectivity index (χ1v) is 7.90. The summed E-state index contributed by atoms with van der Waals surface area (Å²) >= 11 is 0. The molecule has 0 radical (unpaired) electrons. The number of ether oxygens (including phenoxy) is 1. The Balaban J connectivity index is 2.00. The van der Waals surface area contributed by atoms with Crippen molar-refractivity contribution in [2.75, 3.05) is 25.1 Å². The monoisotopic (exact) mass is 304 g/mol. The predicted octanol–water partition coefficient (Wildman–Crippen LogP) is 2.28. The lowest BCUT2D eigenvalue weighted by molar-refractivity contribution is -0.120. The molecule has 5 nitrogen and oxygen atoms in total. The van der Waals surface area contributed by atoms with E-state index in [-0.39, 0.29) is 11.8 Å². The average Bonchev–Trinajstić information content (AvgIpc) is 2.64. The molecule has 1 N–H and O–H groups in total. The zero-order chi connectivity index (χ0) is 15.9. The van der Waals surface area contributed by atoms with E-state index in [1.807, 2.05) is 18.2 Å². The van der Waals surface area contributed by atoms with Crippen LogP contribution in [0.4, 0.5) is 5.69 Å². The zero-order valence-electron chi connectivity index (χ0n) is 13.4. The van der Waals surface area contributed by atoms with Gasteiger partial charge < -0.3 is 15.0 Å². The normalized spacial score (nSPS) is 14.1. The molecule has 0 unspecified atom stereocenters. The summed E-state index contributed by atoms with van der Waals surface area (Å²) in [5.41, 5.74) is 1.62. The van der Waals surface area contributed by atoms with Crippen molar-refractivity contribution in [2.45, 2.75) is 39.0 Å². The molecule has 1 aromatic carbocycles.